The summed E-state index contributed by atoms with van der Waals surface area (Å²) in [6.07, 6.45) is 8.45. The highest BCUT2D eigenvalue weighted by molar-refractivity contribution is 9.10. The average Bonchev–Trinajstić information content (AvgIpc) is 3.06. The Labute approximate surface area is 135 Å². The van der Waals surface area contributed by atoms with Crippen molar-refractivity contribution < 1.29 is 0 Å². The summed E-state index contributed by atoms with van der Waals surface area (Å²) in [7, 11) is 0. The van der Waals surface area contributed by atoms with Crippen LogP contribution in [0.15, 0.2) is 28.1 Å². The molecule has 1 saturated carbocycles. The van der Waals surface area contributed by atoms with Crippen molar-refractivity contribution in [3.05, 3.63) is 33.6 Å². The molecule has 0 saturated heterocycles. The molecule has 1 fully saturated rings. The quantitative estimate of drug-likeness (QED) is 0.480. The highest BCUT2D eigenvalue weighted by atomic mass is 79.9. The molecule has 3 rings (SSSR count). The van der Waals surface area contributed by atoms with E-state index in [0.717, 1.165) is 5.92 Å². The summed E-state index contributed by atoms with van der Waals surface area (Å²) in [5, 5.41) is 3.73. The summed E-state index contributed by atoms with van der Waals surface area (Å²) >= 11 is 9.41. The van der Waals surface area contributed by atoms with Crippen molar-refractivity contribution in [3.63, 3.8) is 0 Å². The smallest absolute Gasteiger partial charge is 0.0488 e. The van der Waals surface area contributed by atoms with Crippen LogP contribution in [-0.2, 0) is 0 Å². The topological polar surface area (TPSA) is 0 Å². The van der Waals surface area contributed by atoms with Crippen molar-refractivity contribution in [1.82, 2.24) is 0 Å². The predicted molar refractivity (Wildman–Crippen MR) is 92.4 cm³/mol. The van der Waals surface area contributed by atoms with E-state index in [4.69, 9.17) is 0 Å². The first kappa shape index (κ1) is 14.1. The Morgan fingerprint density at radius 3 is 2.84 bits per heavy atom. The van der Waals surface area contributed by atoms with Crippen molar-refractivity contribution in [2.24, 2.45) is 5.92 Å². The average molecular weight is 402 g/mol. The number of halogens is 2. The molecule has 0 amide bonds. The van der Waals surface area contributed by atoms with Gasteiger partial charge in [-0.15, -0.1) is 11.3 Å². The van der Waals surface area contributed by atoms with Gasteiger partial charge in [0.15, 0.2) is 0 Å². The first-order valence-electron chi connectivity index (χ1n) is 7.05. The van der Waals surface area contributed by atoms with Crippen molar-refractivity contribution >= 4 is 53.3 Å². The molecule has 3 heteroatoms. The Morgan fingerprint density at radius 2 is 2.05 bits per heavy atom. The maximum Gasteiger partial charge on any atom is 0.0488 e. The third-order valence-electron chi connectivity index (χ3n) is 4.22. The molecule has 0 spiro atoms. The number of hydrogen-bond acceptors (Lipinski definition) is 1. The molecule has 19 heavy (non-hydrogen) atoms. The monoisotopic (exact) mass is 400 g/mol. The molecular weight excluding hydrogens is 384 g/mol. The minimum Gasteiger partial charge on any atom is -0.142 e. The molecule has 0 bridgehead atoms. The summed E-state index contributed by atoms with van der Waals surface area (Å²) < 4.78 is 2.60. The van der Waals surface area contributed by atoms with Crippen LogP contribution < -0.4 is 0 Å². The Morgan fingerprint density at radius 1 is 1.26 bits per heavy atom. The Balaban J connectivity index is 1.74. The second-order valence-corrected chi connectivity index (χ2v) is 8.34. The van der Waals surface area contributed by atoms with Gasteiger partial charge in [-0.25, -0.2) is 0 Å². The van der Waals surface area contributed by atoms with E-state index in [2.05, 4.69) is 55.4 Å². The Hall–Kier alpha value is 0.140. The normalized spacial score (nSPS) is 18.2. The molecule has 1 aliphatic rings. The summed E-state index contributed by atoms with van der Waals surface area (Å²) in [5.41, 5.74) is 1.47. The van der Waals surface area contributed by atoms with Gasteiger partial charge < -0.3 is 0 Å². The van der Waals surface area contributed by atoms with E-state index >= 15 is 0 Å². The third kappa shape index (κ3) is 3.08. The van der Waals surface area contributed by atoms with Crippen LogP contribution in [0.25, 0.3) is 10.1 Å². The first-order chi connectivity index (χ1) is 9.25. The highest BCUT2D eigenvalue weighted by Crippen LogP contribution is 2.41. The number of benzene rings is 1. The summed E-state index contributed by atoms with van der Waals surface area (Å²) in [5.74, 6) is 0.983. The molecule has 1 unspecified atom stereocenters. The zero-order valence-corrected chi connectivity index (χ0v) is 14.9. The van der Waals surface area contributed by atoms with Gasteiger partial charge in [0.25, 0.3) is 0 Å². The lowest BCUT2D eigenvalue weighted by molar-refractivity contribution is 0.483. The lowest BCUT2D eigenvalue weighted by Gasteiger charge is -2.13. The minimum absolute atomic E-state index is 0.510. The van der Waals surface area contributed by atoms with Gasteiger partial charge >= 0.3 is 0 Å². The molecule has 1 atom stereocenters. The van der Waals surface area contributed by atoms with Crippen LogP contribution in [0.2, 0.25) is 0 Å². The van der Waals surface area contributed by atoms with Crippen LogP contribution in [0.3, 0.4) is 0 Å². The molecule has 0 nitrogen and oxygen atoms in total. The molecule has 0 aliphatic heterocycles. The SMILES string of the molecule is Brc1cccc2c(C(Br)CCC3CCCC3)csc12. The second kappa shape index (κ2) is 6.28. The standard InChI is InChI=1S/C16H18Br2S/c17-14(9-8-11-4-1-2-5-11)13-10-19-16-12(13)6-3-7-15(16)18/h3,6-7,10-11,14H,1-2,4-5,8-9H2. The fraction of sp³-hybridized carbons (Fsp3) is 0.500. The lowest BCUT2D eigenvalue weighted by Crippen LogP contribution is -1.96. The van der Waals surface area contributed by atoms with Gasteiger partial charge in [0.2, 0.25) is 0 Å². The fourth-order valence-corrected chi connectivity index (χ4v) is 5.62. The van der Waals surface area contributed by atoms with Gasteiger partial charge in [0.05, 0.1) is 0 Å². The van der Waals surface area contributed by atoms with Gasteiger partial charge in [-0.1, -0.05) is 53.7 Å². The number of alkyl halides is 1. The van der Waals surface area contributed by atoms with E-state index in [1.807, 2.05) is 11.3 Å². The highest BCUT2D eigenvalue weighted by Gasteiger charge is 2.19. The van der Waals surface area contributed by atoms with Crippen LogP contribution in [-0.4, -0.2) is 0 Å². The van der Waals surface area contributed by atoms with Crippen molar-refractivity contribution in [1.29, 1.82) is 0 Å². The molecule has 1 aromatic heterocycles. The van der Waals surface area contributed by atoms with Gasteiger partial charge in [-0.3, -0.25) is 0 Å². The van der Waals surface area contributed by atoms with E-state index in [0.29, 0.717) is 4.83 Å². The van der Waals surface area contributed by atoms with Crippen LogP contribution in [0, 0.1) is 5.92 Å². The van der Waals surface area contributed by atoms with Gasteiger partial charge in [-0.2, -0.15) is 0 Å². The van der Waals surface area contributed by atoms with Crippen LogP contribution in [0.1, 0.15) is 48.9 Å². The van der Waals surface area contributed by atoms with Gasteiger partial charge in [0.1, 0.15) is 0 Å². The summed E-state index contributed by atoms with van der Waals surface area (Å²) in [6.45, 7) is 0. The van der Waals surface area contributed by atoms with E-state index in [1.165, 1.54) is 58.6 Å². The zero-order chi connectivity index (χ0) is 13.2. The van der Waals surface area contributed by atoms with E-state index in [-0.39, 0.29) is 0 Å². The summed E-state index contributed by atoms with van der Waals surface area (Å²) in [4.78, 5) is 0.510. The molecular formula is C16H18Br2S. The fourth-order valence-electron chi connectivity index (χ4n) is 3.12. The third-order valence-corrected chi connectivity index (χ3v) is 7.14. The zero-order valence-electron chi connectivity index (χ0n) is 10.9. The molecule has 102 valence electrons. The Bertz CT molecular complexity index is 555. The molecule has 0 radical (unpaired) electrons. The molecule has 1 aromatic carbocycles. The Kier molecular flexibility index (Phi) is 4.66. The largest absolute Gasteiger partial charge is 0.142 e. The first-order valence-corrected chi connectivity index (χ1v) is 9.64. The van der Waals surface area contributed by atoms with Gasteiger partial charge in [-0.05, 0) is 57.1 Å². The molecule has 1 heterocycles. The maximum absolute atomic E-state index is 3.91. The van der Waals surface area contributed by atoms with E-state index in [1.54, 1.807) is 0 Å². The van der Waals surface area contributed by atoms with Gasteiger partial charge in [0, 0.05) is 14.0 Å². The maximum atomic E-state index is 3.91. The minimum atomic E-state index is 0.510. The van der Waals surface area contributed by atoms with E-state index < -0.39 is 0 Å². The second-order valence-electron chi connectivity index (χ2n) is 5.50. The number of fused-ring (bicyclic) bond motifs is 1. The van der Waals surface area contributed by atoms with Crippen LogP contribution in [0.4, 0.5) is 0 Å². The van der Waals surface area contributed by atoms with E-state index in [9.17, 15) is 0 Å². The molecule has 1 aliphatic carbocycles. The number of rotatable bonds is 4. The number of hydrogen-bond donors (Lipinski definition) is 0. The van der Waals surface area contributed by atoms with Crippen molar-refractivity contribution in [2.75, 3.05) is 0 Å². The predicted octanol–water partition coefficient (Wildman–Crippen LogP) is 7.07. The molecule has 2 aromatic rings. The lowest BCUT2D eigenvalue weighted by atomic mass is 9.98. The summed E-state index contributed by atoms with van der Waals surface area (Å²) in [6, 6.07) is 6.51. The molecule has 0 N–H and O–H groups in total. The van der Waals surface area contributed by atoms with Crippen LogP contribution >= 0.6 is 43.2 Å². The van der Waals surface area contributed by atoms with Crippen molar-refractivity contribution in [3.8, 4) is 0 Å². The van der Waals surface area contributed by atoms with Crippen LogP contribution in [0.5, 0.6) is 0 Å². The van der Waals surface area contributed by atoms with Crippen molar-refractivity contribution in [2.45, 2.75) is 43.4 Å². The number of thiophene rings is 1.